The number of nitrogens with zero attached hydrogens (tertiary/aromatic N) is 1. The average molecular weight is 270 g/mol. The number of hydrogen-bond acceptors (Lipinski definition) is 3. The fourth-order valence-electron chi connectivity index (χ4n) is 3.15. The summed E-state index contributed by atoms with van der Waals surface area (Å²) in [5, 5.41) is 0. The molecule has 2 saturated heterocycles. The summed E-state index contributed by atoms with van der Waals surface area (Å²) in [5.41, 5.74) is 0. The van der Waals surface area contributed by atoms with E-state index in [0.29, 0.717) is 17.9 Å². The highest BCUT2D eigenvalue weighted by atomic mass is 35.5. The van der Waals surface area contributed by atoms with Gasteiger partial charge in [-0.1, -0.05) is 11.6 Å². The molecular formula is C13H16ClNOS. The Morgan fingerprint density at radius 2 is 2.00 bits per heavy atom. The molecule has 2 aliphatic rings. The van der Waals surface area contributed by atoms with Gasteiger partial charge in [-0.15, -0.1) is 11.3 Å². The lowest BCUT2D eigenvalue weighted by Gasteiger charge is -2.33. The number of ketones is 1. The monoisotopic (exact) mass is 269 g/mol. The van der Waals surface area contributed by atoms with E-state index in [1.54, 1.807) is 11.3 Å². The van der Waals surface area contributed by atoms with Crippen molar-refractivity contribution in [1.82, 2.24) is 4.90 Å². The molecule has 2 bridgehead atoms. The number of carbonyl (C=O) groups excluding carboxylic acids is 1. The van der Waals surface area contributed by atoms with E-state index in [4.69, 9.17) is 11.6 Å². The minimum Gasteiger partial charge on any atom is -0.300 e. The molecule has 0 aromatic carbocycles. The van der Waals surface area contributed by atoms with Gasteiger partial charge in [-0.05, 0) is 31.4 Å². The molecular weight excluding hydrogens is 254 g/mol. The molecule has 0 N–H and O–H groups in total. The van der Waals surface area contributed by atoms with Crippen LogP contribution in [0.15, 0.2) is 12.1 Å². The topological polar surface area (TPSA) is 20.3 Å². The molecule has 2 atom stereocenters. The molecule has 0 spiro atoms. The third-order valence-electron chi connectivity index (χ3n) is 3.94. The molecule has 0 saturated carbocycles. The second-order valence-electron chi connectivity index (χ2n) is 5.03. The second-order valence-corrected chi connectivity index (χ2v) is 6.83. The zero-order valence-corrected chi connectivity index (χ0v) is 11.3. The van der Waals surface area contributed by atoms with Crippen LogP contribution in [0, 0.1) is 0 Å². The van der Waals surface area contributed by atoms with Gasteiger partial charge in [-0.2, -0.15) is 0 Å². The first-order chi connectivity index (χ1) is 8.22. The summed E-state index contributed by atoms with van der Waals surface area (Å²) in [4.78, 5) is 15.4. The minimum atomic E-state index is 0.466. The van der Waals surface area contributed by atoms with Gasteiger partial charge in [0, 0.05) is 36.3 Å². The van der Waals surface area contributed by atoms with E-state index < -0.39 is 0 Å². The van der Waals surface area contributed by atoms with Crippen LogP contribution in [0.1, 0.15) is 30.6 Å². The van der Waals surface area contributed by atoms with E-state index in [-0.39, 0.29) is 0 Å². The van der Waals surface area contributed by atoms with Crippen molar-refractivity contribution in [2.45, 2.75) is 44.2 Å². The van der Waals surface area contributed by atoms with Gasteiger partial charge in [-0.3, -0.25) is 9.69 Å². The van der Waals surface area contributed by atoms with Crippen LogP contribution in [-0.2, 0) is 11.2 Å². The summed E-state index contributed by atoms with van der Waals surface area (Å²) in [5.74, 6) is 0.466. The lowest BCUT2D eigenvalue weighted by Crippen LogP contribution is -2.43. The lowest BCUT2D eigenvalue weighted by atomic mass is 10.0. The lowest BCUT2D eigenvalue weighted by molar-refractivity contribution is -0.123. The molecule has 3 rings (SSSR count). The maximum Gasteiger partial charge on any atom is 0.136 e. The number of halogens is 1. The molecule has 17 heavy (non-hydrogen) atoms. The van der Waals surface area contributed by atoms with Crippen molar-refractivity contribution in [1.29, 1.82) is 0 Å². The molecule has 2 unspecified atom stereocenters. The van der Waals surface area contributed by atoms with Crippen LogP contribution in [0.4, 0.5) is 0 Å². The SMILES string of the molecule is O=C1CC2CCC(C1)N2CCc1ccc(Cl)s1. The third kappa shape index (κ3) is 2.42. The van der Waals surface area contributed by atoms with Crippen molar-refractivity contribution < 1.29 is 4.79 Å². The van der Waals surface area contributed by atoms with Crippen LogP contribution in [0.25, 0.3) is 0 Å². The van der Waals surface area contributed by atoms with Gasteiger partial charge in [0.2, 0.25) is 0 Å². The van der Waals surface area contributed by atoms with Crippen molar-refractivity contribution in [3.8, 4) is 0 Å². The van der Waals surface area contributed by atoms with Crippen molar-refractivity contribution in [3.05, 3.63) is 21.3 Å². The predicted octanol–water partition coefficient (Wildman–Crippen LogP) is 3.14. The molecule has 0 amide bonds. The maximum absolute atomic E-state index is 11.5. The molecule has 1 aromatic rings. The Morgan fingerprint density at radius 3 is 2.59 bits per heavy atom. The normalized spacial score (nSPS) is 28.9. The first-order valence-corrected chi connectivity index (χ1v) is 7.43. The van der Waals surface area contributed by atoms with Crippen LogP contribution in [0.3, 0.4) is 0 Å². The van der Waals surface area contributed by atoms with Crippen LogP contribution >= 0.6 is 22.9 Å². The van der Waals surface area contributed by atoms with Gasteiger partial charge >= 0.3 is 0 Å². The van der Waals surface area contributed by atoms with Gasteiger partial charge in [0.25, 0.3) is 0 Å². The van der Waals surface area contributed by atoms with Gasteiger partial charge in [0.1, 0.15) is 5.78 Å². The number of Topliss-reactive ketones (excluding diaryl/α,β-unsaturated/α-hetero) is 1. The van der Waals surface area contributed by atoms with Crippen LogP contribution in [-0.4, -0.2) is 29.3 Å². The summed E-state index contributed by atoms with van der Waals surface area (Å²) < 4.78 is 0.872. The van der Waals surface area contributed by atoms with Gasteiger partial charge in [0.15, 0.2) is 0 Å². The highest BCUT2D eigenvalue weighted by Gasteiger charge is 2.39. The fraction of sp³-hybridized carbons (Fsp3) is 0.615. The van der Waals surface area contributed by atoms with E-state index in [1.807, 2.05) is 6.07 Å². The Kier molecular flexibility index (Phi) is 3.24. The van der Waals surface area contributed by atoms with Gasteiger partial charge in [-0.25, -0.2) is 0 Å². The maximum atomic E-state index is 11.5. The first-order valence-electron chi connectivity index (χ1n) is 6.24. The van der Waals surface area contributed by atoms with Crippen LogP contribution in [0.2, 0.25) is 4.34 Å². The molecule has 2 aliphatic heterocycles. The number of carbonyl (C=O) groups is 1. The standard InChI is InChI=1S/C13H16ClNOS/c14-13-4-3-12(17-13)5-6-15-9-1-2-10(15)8-11(16)7-9/h3-4,9-10H,1-2,5-8H2. The highest BCUT2D eigenvalue weighted by molar-refractivity contribution is 7.16. The quantitative estimate of drug-likeness (QED) is 0.840. The summed E-state index contributed by atoms with van der Waals surface area (Å²) >= 11 is 7.60. The highest BCUT2D eigenvalue weighted by Crippen LogP contribution is 2.34. The van der Waals surface area contributed by atoms with E-state index in [0.717, 1.165) is 30.1 Å². The summed E-state index contributed by atoms with van der Waals surface area (Å²) in [6, 6.07) is 5.13. The minimum absolute atomic E-state index is 0.466. The molecule has 0 aliphatic carbocycles. The number of rotatable bonds is 3. The summed E-state index contributed by atoms with van der Waals surface area (Å²) in [6.45, 7) is 1.08. The number of hydrogen-bond donors (Lipinski definition) is 0. The molecule has 2 nitrogen and oxygen atoms in total. The molecule has 1 aromatic heterocycles. The fourth-order valence-corrected chi connectivity index (χ4v) is 4.23. The van der Waals surface area contributed by atoms with E-state index in [2.05, 4.69) is 11.0 Å². The summed E-state index contributed by atoms with van der Waals surface area (Å²) in [7, 11) is 0. The van der Waals surface area contributed by atoms with Crippen molar-refractivity contribution in [3.63, 3.8) is 0 Å². The third-order valence-corrected chi connectivity index (χ3v) is 5.23. The smallest absolute Gasteiger partial charge is 0.136 e. The average Bonchev–Trinajstić information content (AvgIpc) is 2.79. The van der Waals surface area contributed by atoms with Gasteiger partial charge in [0.05, 0.1) is 4.34 Å². The Morgan fingerprint density at radius 1 is 1.29 bits per heavy atom. The summed E-state index contributed by atoms with van der Waals surface area (Å²) in [6.07, 6.45) is 5.05. The number of fused-ring (bicyclic) bond motifs is 2. The van der Waals surface area contributed by atoms with Crippen molar-refractivity contribution in [2.24, 2.45) is 0 Å². The Bertz CT molecular complexity index is 415. The van der Waals surface area contributed by atoms with Crippen molar-refractivity contribution >= 4 is 28.7 Å². The van der Waals surface area contributed by atoms with Crippen LogP contribution < -0.4 is 0 Å². The largest absolute Gasteiger partial charge is 0.300 e. The Labute approximate surface area is 111 Å². The van der Waals surface area contributed by atoms with Crippen LogP contribution in [0.5, 0.6) is 0 Å². The van der Waals surface area contributed by atoms with Crippen molar-refractivity contribution in [2.75, 3.05) is 6.54 Å². The number of thiophene rings is 1. The molecule has 0 radical (unpaired) electrons. The Balaban J connectivity index is 1.61. The molecule has 3 heterocycles. The van der Waals surface area contributed by atoms with E-state index in [1.165, 1.54) is 17.7 Å². The predicted molar refractivity (Wildman–Crippen MR) is 70.8 cm³/mol. The number of piperidine rings is 1. The van der Waals surface area contributed by atoms with E-state index >= 15 is 0 Å². The molecule has 2 fully saturated rings. The van der Waals surface area contributed by atoms with E-state index in [9.17, 15) is 4.79 Å². The zero-order valence-electron chi connectivity index (χ0n) is 9.69. The Hall–Kier alpha value is -0.380. The first kappa shape index (κ1) is 11.7. The van der Waals surface area contributed by atoms with Gasteiger partial charge < -0.3 is 0 Å². The molecule has 4 heteroatoms. The second kappa shape index (κ2) is 4.71. The molecule has 92 valence electrons. The zero-order chi connectivity index (χ0) is 11.8.